The second-order valence-corrected chi connectivity index (χ2v) is 4.82. The molecule has 0 aromatic heterocycles. The lowest BCUT2D eigenvalue weighted by atomic mass is 9.93. The number of hydrogen-bond donors (Lipinski definition) is 3. The van der Waals surface area contributed by atoms with Gasteiger partial charge in [-0.1, -0.05) is 18.2 Å². The highest BCUT2D eigenvalue weighted by Crippen LogP contribution is 2.22. The third-order valence-electron chi connectivity index (χ3n) is 3.55. The summed E-state index contributed by atoms with van der Waals surface area (Å²) < 4.78 is 0. The molecule has 1 atom stereocenters. The van der Waals surface area contributed by atoms with E-state index in [0.717, 1.165) is 24.1 Å². The molecule has 2 amide bonds. The topological polar surface area (TPSA) is 53.2 Å². The molecular weight excluding hydrogens is 226 g/mol. The summed E-state index contributed by atoms with van der Waals surface area (Å²) >= 11 is 0. The molecule has 18 heavy (non-hydrogen) atoms. The minimum Gasteiger partial charge on any atom is -0.335 e. The van der Waals surface area contributed by atoms with E-state index < -0.39 is 0 Å². The fourth-order valence-corrected chi connectivity index (χ4v) is 2.04. The average molecular weight is 247 g/mol. The molecule has 1 unspecified atom stereocenters. The van der Waals surface area contributed by atoms with Crippen LogP contribution in [0, 0.1) is 0 Å². The first-order valence-corrected chi connectivity index (χ1v) is 6.54. The Hall–Kier alpha value is -1.55. The van der Waals surface area contributed by atoms with Gasteiger partial charge in [0.15, 0.2) is 0 Å². The van der Waals surface area contributed by atoms with Crippen LogP contribution in [0.15, 0.2) is 24.3 Å². The van der Waals surface area contributed by atoms with Crippen LogP contribution in [0.1, 0.15) is 37.8 Å². The van der Waals surface area contributed by atoms with Crippen LogP contribution < -0.4 is 16.0 Å². The highest BCUT2D eigenvalue weighted by molar-refractivity contribution is 5.90. The van der Waals surface area contributed by atoms with E-state index in [2.05, 4.69) is 22.9 Å². The number of urea groups is 1. The zero-order valence-corrected chi connectivity index (χ0v) is 11.0. The van der Waals surface area contributed by atoms with Crippen molar-refractivity contribution in [1.82, 2.24) is 10.6 Å². The van der Waals surface area contributed by atoms with Gasteiger partial charge in [0.25, 0.3) is 0 Å². The molecule has 1 aliphatic carbocycles. The largest absolute Gasteiger partial charge is 0.335 e. The van der Waals surface area contributed by atoms with Crippen molar-refractivity contribution in [2.45, 2.75) is 38.3 Å². The fraction of sp³-hybridized carbons (Fsp3) is 0.500. The summed E-state index contributed by atoms with van der Waals surface area (Å²) in [4.78, 5) is 11.8. The Morgan fingerprint density at radius 1 is 1.33 bits per heavy atom. The third kappa shape index (κ3) is 3.01. The van der Waals surface area contributed by atoms with Crippen LogP contribution in [-0.4, -0.2) is 19.1 Å². The fourth-order valence-electron chi connectivity index (χ4n) is 2.04. The maximum atomic E-state index is 11.8. The quantitative estimate of drug-likeness (QED) is 0.766. The van der Waals surface area contributed by atoms with Gasteiger partial charge in [0.05, 0.1) is 0 Å². The zero-order valence-electron chi connectivity index (χ0n) is 11.0. The lowest BCUT2D eigenvalue weighted by Gasteiger charge is -2.26. The molecule has 3 N–H and O–H groups in total. The van der Waals surface area contributed by atoms with Gasteiger partial charge in [0.2, 0.25) is 0 Å². The van der Waals surface area contributed by atoms with Crippen LogP contribution >= 0.6 is 0 Å². The van der Waals surface area contributed by atoms with Crippen molar-refractivity contribution in [2.75, 3.05) is 12.4 Å². The summed E-state index contributed by atoms with van der Waals surface area (Å²) in [5.41, 5.74) is 1.97. The number of hydrogen-bond acceptors (Lipinski definition) is 2. The molecule has 1 fully saturated rings. The molecule has 1 aromatic rings. The first-order valence-electron chi connectivity index (χ1n) is 6.54. The van der Waals surface area contributed by atoms with Crippen molar-refractivity contribution in [3.05, 3.63) is 29.8 Å². The normalized spacial score (nSPS) is 16.8. The van der Waals surface area contributed by atoms with Gasteiger partial charge in [-0.05, 0) is 44.9 Å². The van der Waals surface area contributed by atoms with Gasteiger partial charge in [0, 0.05) is 17.8 Å². The molecule has 0 radical (unpaired) electrons. The van der Waals surface area contributed by atoms with Crippen molar-refractivity contribution in [2.24, 2.45) is 0 Å². The van der Waals surface area contributed by atoms with Crippen LogP contribution in [0.25, 0.3) is 0 Å². The van der Waals surface area contributed by atoms with E-state index in [1.54, 1.807) is 0 Å². The molecule has 0 aliphatic heterocycles. The second-order valence-electron chi connectivity index (χ2n) is 4.82. The minimum atomic E-state index is -0.101. The van der Waals surface area contributed by atoms with Crippen molar-refractivity contribution >= 4 is 11.7 Å². The highest BCUT2D eigenvalue weighted by atomic mass is 16.2. The Morgan fingerprint density at radius 2 is 2.06 bits per heavy atom. The van der Waals surface area contributed by atoms with Crippen LogP contribution in [0.5, 0.6) is 0 Å². The number of nitrogens with one attached hydrogen (secondary N) is 3. The van der Waals surface area contributed by atoms with Gasteiger partial charge in [-0.2, -0.15) is 0 Å². The van der Waals surface area contributed by atoms with Gasteiger partial charge >= 0.3 is 6.03 Å². The smallest absolute Gasteiger partial charge is 0.319 e. The first-order chi connectivity index (χ1) is 8.70. The summed E-state index contributed by atoms with van der Waals surface area (Å²) in [6, 6.07) is 8.35. The Bertz CT molecular complexity index is 415. The van der Waals surface area contributed by atoms with Crippen LogP contribution in [-0.2, 0) is 0 Å². The van der Waals surface area contributed by atoms with Gasteiger partial charge in [0.1, 0.15) is 0 Å². The number of rotatable bonds is 4. The predicted octanol–water partition coefficient (Wildman–Crippen LogP) is 2.64. The van der Waals surface area contributed by atoms with E-state index in [1.807, 2.05) is 31.3 Å². The standard InChI is InChI=1S/C14H21N3O/c1-10(15-2)12-8-3-4-9-13(12)17-14(18)16-11-6-5-7-11/h3-4,8-11,15H,5-7H2,1-2H3,(H2,16,17,18). The van der Waals surface area contributed by atoms with Crippen LogP contribution in [0.4, 0.5) is 10.5 Å². The summed E-state index contributed by atoms with van der Waals surface area (Å²) in [6.07, 6.45) is 3.42. The number of benzene rings is 1. The van der Waals surface area contributed by atoms with E-state index in [-0.39, 0.29) is 12.1 Å². The van der Waals surface area contributed by atoms with Crippen molar-refractivity contribution in [1.29, 1.82) is 0 Å². The number of amides is 2. The summed E-state index contributed by atoms with van der Waals surface area (Å²) in [5, 5.41) is 9.10. The number of para-hydroxylation sites is 1. The van der Waals surface area contributed by atoms with Crippen molar-refractivity contribution in [3.8, 4) is 0 Å². The van der Waals surface area contributed by atoms with Gasteiger partial charge in [-0.15, -0.1) is 0 Å². The SMILES string of the molecule is CNC(C)c1ccccc1NC(=O)NC1CCC1. The Labute approximate surface area is 108 Å². The predicted molar refractivity (Wildman–Crippen MR) is 73.7 cm³/mol. The number of carbonyl (C=O) groups is 1. The van der Waals surface area contributed by atoms with Crippen LogP contribution in [0.3, 0.4) is 0 Å². The lowest BCUT2D eigenvalue weighted by Crippen LogP contribution is -2.42. The molecule has 4 nitrogen and oxygen atoms in total. The average Bonchev–Trinajstić information content (AvgIpc) is 2.34. The van der Waals surface area contributed by atoms with E-state index in [4.69, 9.17) is 0 Å². The molecule has 1 saturated carbocycles. The molecule has 0 bridgehead atoms. The molecule has 98 valence electrons. The Morgan fingerprint density at radius 3 is 2.67 bits per heavy atom. The van der Waals surface area contributed by atoms with Gasteiger partial charge < -0.3 is 16.0 Å². The van der Waals surface area contributed by atoms with Gasteiger partial charge in [-0.3, -0.25) is 0 Å². The molecule has 0 spiro atoms. The molecule has 4 heteroatoms. The third-order valence-corrected chi connectivity index (χ3v) is 3.55. The highest BCUT2D eigenvalue weighted by Gasteiger charge is 2.19. The zero-order chi connectivity index (χ0) is 13.0. The monoisotopic (exact) mass is 247 g/mol. The summed E-state index contributed by atoms with van der Waals surface area (Å²) in [6.45, 7) is 2.07. The molecule has 0 heterocycles. The lowest BCUT2D eigenvalue weighted by molar-refractivity contribution is 0.240. The van der Waals surface area contributed by atoms with Gasteiger partial charge in [-0.25, -0.2) is 4.79 Å². The summed E-state index contributed by atoms with van der Waals surface area (Å²) in [7, 11) is 1.91. The maximum Gasteiger partial charge on any atom is 0.319 e. The van der Waals surface area contributed by atoms with E-state index in [0.29, 0.717) is 6.04 Å². The molecular formula is C14H21N3O. The Kier molecular flexibility index (Phi) is 4.20. The number of anilines is 1. The molecule has 2 rings (SSSR count). The van der Waals surface area contributed by atoms with E-state index in [9.17, 15) is 4.79 Å². The van der Waals surface area contributed by atoms with Crippen LogP contribution in [0.2, 0.25) is 0 Å². The minimum absolute atomic E-state index is 0.101. The van der Waals surface area contributed by atoms with E-state index in [1.165, 1.54) is 6.42 Å². The number of carbonyl (C=O) groups excluding carboxylic acids is 1. The summed E-state index contributed by atoms with van der Waals surface area (Å²) in [5.74, 6) is 0. The Balaban J connectivity index is 2.01. The molecule has 1 aromatic carbocycles. The first kappa shape index (κ1) is 12.9. The second kappa shape index (κ2) is 5.87. The molecule has 1 aliphatic rings. The molecule has 0 saturated heterocycles. The van der Waals surface area contributed by atoms with Crippen molar-refractivity contribution in [3.63, 3.8) is 0 Å². The van der Waals surface area contributed by atoms with Crippen molar-refractivity contribution < 1.29 is 4.79 Å². The van der Waals surface area contributed by atoms with E-state index >= 15 is 0 Å². The maximum absolute atomic E-state index is 11.8.